The summed E-state index contributed by atoms with van der Waals surface area (Å²) in [5.41, 5.74) is 4.65. The Hall–Kier alpha value is -3.05. The molecule has 1 amide bonds. The first-order chi connectivity index (χ1) is 13.0. The van der Waals surface area contributed by atoms with Gasteiger partial charge in [0.2, 0.25) is 0 Å². The van der Waals surface area contributed by atoms with Gasteiger partial charge in [0.05, 0.1) is 30.2 Å². The number of ether oxygens (including phenoxy) is 1. The van der Waals surface area contributed by atoms with Crippen molar-refractivity contribution < 1.29 is 9.53 Å². The third-order valence-corrected chi connectivity index (χ3v) is 4.31. The maximum Gasteiger partial charge on any atom is 0.257 e. The molecule has 3 aromatic rings. The first kappa shape index (κ1) is 18.7. The molecule has 0 saturated heterocycles. The summed E-state index contributed by atoms with van der Waals surface area (Å²) in [5.74, 6) is 0.472. The molecular formula is C21H20ClN3O2. The molecule has 0 fully saturated rings. The molecule has 6 heteroatoms. The number of carbonyl (C=O) groups excluding carboxylic acids is 1. The van der Waals surface area contributed by atoms with Crippen molar-refractivity contribution in [3.63, 3.8) is 0 Å². The normalized spacial score (nSPS) is 10.4. The van der Waals surface area contributed by atoms with E-state index in [1.165, 1.54) is 6.20 Å². The van der Waals surface area contributed by atoms with Crippen molar-refractivity contribution >= 4 is 34.6 Å². The highest BCUT2D eigenvalue weighted by atomic mass is 35.5. The monoisotopic (exact) mass is 381 g/mol. The van der Waals surface area contributed by atoms with Crippen LogP contribution in [0.15, 0.2) is 54.9 Å². The summed E-state index contributed by atoms with van der Waals surface area (Å²) in [6, 6.07) is 12.9. The van der Waals surface area contributed by atoms with Crippen LogP contribution in [0.2, 0.25) is 5.02 Å². The first-order valence-electron chi connectivity index (χ1n) is 8.40. The SMILES string of the molecule is COc1ccc(C)cc1Nc1cncc(C(=O)Nc2ccc(Cl)cc2C)c1. The van der Waals surface area contributed by atoms with Gasteiger partial charge in [-0.15, -0.1) is 0 Å². The maximum absolute atomic E-state index is 12.6. The number of hydrogen-bond acceptors (Lipinski definition) is 4. The molecule has 5 nitrogen and oxygen atoms in total. The van der Waals surface area contributed by atoms with Crippen molar-refractivity contribution in [2.24, 2.45) is 0 Å². The van der Waals surface area contributed by atoms with Crippen LogP contribution in [0.25, 0.3) is 0 Å². The molecule has 0 spiro atoms. The number of rotatable bonds is 5. The molecule has 3 rings (SSSR count). The van der Waals surface area contributed by atoms with Crippen LogP contribution in [-0.2, 0) is 0 Å². The number of amides is 1. The van der Waals surface area contributed by atoms with E-state index in [4.69, 9.17) is 16.3 Å². The van der Waals surface area contributed by atoms with Crippen molar-refractivity contribution in [1.29, 1.82) is 0 Å². The van der Waals surface area contributed by atoms with E-state index >= 15 is 0 Å². The number of nitrogens with zero attached hydrogens (tertiary/aromatic N) is 1. The number of nitrogens with one attached hydrogen (secondary N) is 2. The predicted octanol–water partition coefficient (Wildman–Crippen LogP) is 5.36. The van der Waals surface area contributed by atoms with Gasteiger partial charge in [-0.2, -0.15) is 0 Å². The fourth-order valence-electron chi connectivity index (χ4n) is 2.67. The second kappa shape index (κ2) is 8.10. The second-order valence-electron chi connectivity index (χ2n) is 6.20. The van der Waals surface area contributed by atoms with E-state index in [0.717, 1.165) is 16.8 Å². The smallest absolute Gasteiger partial charge is 0.257 e. The molecule has 0 unspecified atom stereocenters. The minimum Gasteiger partial charge on any atom is -0.495 e. The van der Waals surface area contributed by atoms with E-state index in [9.17, 15) is 4.79 Å². The van der Waals surface area contributed by atoms with Gasteiger partial charge >= 0.3 is 0 Å². The summed E-state index contributed by atoms with van der Waals surface area (Å²) in [7, 11) is 1.62. The molecule has 2 aromatic carbocycles. The van der Waals surface area contributed by atoms with Crippen LogP contribution in [0.5, 0.6) is 5.75 Å². The number of pyridine rings is 1. The summed E-state index contributed by atoms with van der Waals surface area (Å²) in [6.45, 7) is 3.89. The van der Waals surface area contributed by atoms with Crippen LogP contribution in [0.3, 0.4) is 0 Å². The lowest BCUT2D eigenvalue weighted by molar-refractivity contribution is 0.102. The highest BCUT2D eigenvalue weighted by Crippen LogP contribution is 2.28. The summed E-state index contributed by atoms with van der Waals surface area (Å²) in [5, 5.41) is 6.77. The predicted molar refractivity (Wildman–Crippen MR) is 109 cm³/mol. The van der Waals surface area contributed by atoms with Gasteiger partial charge in [-0.05, 0) is 61.4 Å². The Morgan fingerprint density at radius 1 is 1.04 bits per heavy atom. The number of methoxy groups -OCH3 is 1. The summed E-state index contributed by atoms with van der Waals surface area (Å²) < 4.78 is 5.38. The molecule has 1 heterocycles. The summed E-state index contributed by atoms with van der Waals surface area (Å²) in [6.07, 6.45) is 3.19. The van der Waals surface area contributed by atoms with Crippen LogP contribution >= 0.6 is 11.6 Å². The van der Waals surface area contributed by atoms with E-state index < -0.39 is 0 Å². The Morgan fingerprint density at radius 2 is 1.85 bits per heavy atom. The van der Waals surface area contributed by atoms with Crippen molar-refractivity contribution in [2.45, 2.75) is 13.8 Å². The topological polar surface area (TPSA) is 63.2 Å². The summed E-state index contributed by atoms with van der Waals surface area (Å²) in [4.78, 5) is 16.8. The number of hydrogen-bond donors (Lipinski definition) is 2. The van der Waals surface area contributed by atoms with E-state index in [1.54, 1.807) is 37.6 Å². The maximum atomic E-state index is 12.6. The number of benzene rings is 2. The Labute approximate surface area is 163 Å². The standard InChI is InChI=1S/C21H20ClN3O2/c1-13-4-7-20(27-3)19(8-13)24-17-10-15(11-23-12-17)21(26)25-18-6-5-16(22)9-14(18)2/h4-12,24H,1-3H3,(H,25,26). The zero-order valence-corrected chi connectivity index (χ0v) is 16.1. The van der Waals surface area contributed by atoms with E-state index in [2.05, 4.69) is 15.6 Å². The average molecular weight is 382 g/mol. The van der Waals surface area contributed by atoms with Gasteiger partial charge in [0, 0.05) is 16.9 Å². The Bertz CT molecular complexity index is 989. The number of aromatic nitrogens is 1. The molecule has 2 N–H and O–H groups in total. The molecule has 0 aliphatic heterocycles. The van der Waals surface area contributed by atoms with Crippen LogP contribution in [0, 0.1) is 13.8 Å². The van der Waals surface area contributed by atoms with Gasteiger partial charge in [0.25, 0.3) is 5.91 Å². The van der Waals surface area contributed by atoms with Crippen molar-refractivity contribution in [2.75, 3.05) is 17.7 Å². The highest BCUT2D eigenvalue weighted by Gasteiger charge is 2.11. The molecule has 0 saturated carbocycles. The van der Waals surface area contributed by atoms with Crippen molar-refractivity contribution in [3.05, 3.63) is 76.6 Å². The minimum absolute atomic E-state index is 0.243. The van der Waals surface area contributed by atoms with Crippen LogP contribution < -0.4 is 15.4 Å². The molecule has 27 heavy (non-hydrogen) atoms. The third-order valence-electron chi connectivity index (χ3n) is 4.07. The zero-order chi connectivity index (χ0) is 19.4. The van der Waals surface area contributed by atoms with Crippen LogP contribution in [0.4, 0.5) is 17.1 Å². The molecular weight excluding hydrogens is 362 g/mol. The Kier molecular flexibility index (Phi) is 5.62. The lowest BCUT2D eigenvalue weighted by Crippen LogP contribution is -2.13. The Morgan fingerprint density at radius 3 is 2.59 bits per heavy atom. The van der Waals surface area contributed by atoms with Gasteiger partial charge in [-0.1, -0.05) is 17.7 Å². The molecule has 0 atom stereocenters. The second-order valence-corrected chi connectivity index (χ2v) is 6.64. The van der Waals surface area contributed by atoms with Crippen molar-refractivity contribution in [3.8, 4) is 5.75 Å². The number of halogens is 1. The lowest BCUT2D eigenvalue weighted by atomic mass is 10.1. The van der Waals surface area contributed by atoms with Gasteiger partial charge < -0.3 is 15.4 Å². The van der Waals surface area contributed by atoms with Gasteiger partial charge in [-0.3, -0.25) is 9.78 Å². The summed E-state index contributed by atoms with van der Waals surface area (Å²) >= 11 is 5.96. The fraction of sp³-hybridized carbons (Fsp3) is 0.143. The van der Waals surface area contributed by atoms with E-state index in [0.29, 0.717) is 27.7 Å². The molecule has 1 aromatic heterocycles. The fourth-order valence-corrected chi connectivity index (χ4v) is 2.90. The largest absolute Gasteiger partial charge is 0.495 e. The van der Waals surface area contributed by atoms with Gasteiger partial charge in [0.1, 0.15) is 5.75 Å². The molecule has 0 aliphatic carbocycles. The third kappa shape index (κ3) is 4.57. The number of aryl methyl sites for hydroxylation is 2. The number of anilines is 3. The molecule has 138 valence electrons. The molecule has 0 aliphatic rings. The lowest BCUT2D eigenvalue weighted by Gasteiger charge is -2.13. The molecule has 0 radical (unpaired) electrons. The minimum atomic E-state index is -0.243. The highest BCUT2D eigenvalue weighted by molar-refractivity contribution is 6.30. The van der Waals surface area contributed by atoms with E-state index in [-0.39, 0.29) is 5.91 Å². The van der Waals surface area contributed by atoms with Crippen molar-refractivity contribution in [1.82, 2.24) is 4.98 Å². The number of carbonyl (C=O) groups is 1. The van der Waals surface area contributed by atoms with Gasteiger partial charge in [0.15, 0.2) is 0 Å². The van der Waals surface area contributed by atoms with Crippen LogP contribution in [0.1, 0.15) is 21.5 Å². The quantitative estimate of drug-likeness (QED) is 0.624. The zero-order valence-electron chi connectivity index (χ0n) is 15.3. The average Bonchev–Trinajstić information content (AvgIpc) is 2.64. The first-order valence-corrected chi connectivity index (χ1v) is 8.78. The molecule has 0 bridgehead atoms. The Balaban J connectivity index is 1.81. The van der Waals surface area contributed by atoms with Crippen LogP contribution in [-0.4, -0.2) is 18.0 Å². The van der Waals surface area contributed by atoms with E-state index in [1.807, 2.05) is 32.0 Å². The van der Waals surface area contributed by atoms with Gasteiger partial charge in [-0.25, -0.2) is 0 Å².